The highest BCUT2D eigenvalue weighted by molar-refractivity contribution is 5.89. The van der Waals surface area contributed by atoms with Gasteiger partial charge in [0.25, 0.3) is 0 Å². The summed E-state index contributed by atoms with van der Waals surface area (Å²) < 4.78 is 5.31. The summed E-state index contributed by atoms with van der Waals surface area (Å²) in [6, 6.07) is 14.2. The van der Waals surface area contributed by atoms with Crippen LogP contribution in [0.2, 0.25) is 0 Å². The fourth-order valence-electron chi connectivity index (χ4n) is 2.17. The van der Waals surface area contributed by atoms with E-state index in [0.29, 0.717) is 6.54 Å². The van der Waals surface area contributed by atoms with Gasteiger partial charge >= 0.3 is 0 Å². The van der Waals surface area contributed by atoms with Gasteiger partial charge in [0.15, 0.2) is 0 Å². The van der Waals surface area contributed by atoms with Crippen molar-refractivity contribution in [3.63, 3.8) is 0 Å². The summed E-state index contributed by atoms with van der Waals surface area (Å²) in [4.78, 5) is 4.52. The number of hydrogen-bond acceptors (Lipinski definition) is 3. The van der Waals surface area contributed by atoms with Gasteiger partial charge in [-0.1, -0.05) is 30.3 Å². The number of hydrogen-bond donors (Lipinski definition) is 1. The van der Waals surface area contributed by atoms with Crippen LogP contribution < -0.4 is 10.1 Å². The van der Waals surface area contributed by atoms with Crippen LogP contribution >= 0.6 is 0 Å². The second kappa shape index (κ2) is 6.75. The Kier molecular flexibility index (Phi) is 4.77. The first-order valence-electron chi connectivity index (χ1n) is 6.64. The highest BCUT2D eigenvalue weighted by Gasteiger charge is 2.05. The number of rotatable bonds is 5. The van der Waals surface area contributed by atoms with Gasteiger partial charge in [-0.2, -0.15) is 0 Å². The van der Waals surface area contributed by atoms with E-state index in [1.165, 1.54) is 5.56 Å². The molecule has 0 aliphatic carbocycles. The van der Waals surface area contributed by atoms with Gasteiger partial charge in [-0.15, -0.1) is 0 Å². The van der Waals surface area contributed by atoms with Gasteiger partial charge in [-0.25, -0.2) is 0 Å². The fraction of sp³-hybridized carbons (Fsp3) is 0.235. The highest BCUT2D eigenvalue weighted by atomic mass is 16.5. The van der Waals surface area contributed by atoms with Crippen LogP contribution in [0.4, 0.5) is 5.69 Å². The third-order valence-corrected chi connectivity index (χ3v) is 3.17. The molecule has 20 heavy (non-hydrogen) atoms. The lowest BCUT2D eigenvalue weighted by Crippen LogP contribution is -1.99. The van der Waals surface area contributed by atoms with Crippen molar-refractivity contribution in [2.45, 2.75) is 13.5 Å². The summed E-state index contributed by atoms with van der Waals surface area (Å²) >= 11 is 0. The quantitative estimate of drug-likeness (QED) is 0.839. The number of aliphatic imine (C=N–C) groups is 1. The van der Waals surface area contributed by atoms with Crippen LogP contribution in [0.5, 0.6) is 5.75 Å². The zero-order valence-corrected chi connectivity index (χ0v) is 12.2. The van der Waals surface area contributed by atoms with Crippen molar-refractivity contribution in [1.29, 1.82) is 0 Å². The monoisotopic (exact) mass is 268 g/mol. The van der Waals surface area contributed by atoms with E-state index in [-0.39, 0.29) is 0 Å². The molecule has 0 bridgehead atoms. The zero-order chi connectivity index (χ0) is 14.4. The van der Waals surface area contributed by atoms with Gasteiger partial charge in [-0.3, -0.25) is 4.99 Å². The molecule has 3 heteroatoms. The molecule has 0 aromatic heterocycles. The summed E-state index contributed by atoms with van der Waals surface area (Å²) in [6.45, 7) is 2.74. The normalized spacial score (nSPS) is 10.8. The molecule has 1 N–H and O–H groups in total. The second-order valence-electron chi connectivity index (χ2n) is 4.61. The Hall–Kier alpha value is -2.29. The molecular weight excluding hydrogens is 248 g/mol. The lowest BCUT2D eigenvalue weighted by Gasteiger charge is -2.11. The number of benzene rings is 2. The molecule has 0 radical (unpaired) electrons. The molecule has 0 fully saturated rings. The van der Waals surface area contributed by atoms with Crippen molar-refractivity contribution in [2.24, 2.45) is 4.99 Å². The summed E-state index contributed by atoms with van der Waals surface area (Å²) in [5, 5.41) is 3.22. The Morgan fingerprint density at radius 1 is 1.20 bits per heavy atom. The molecule has 2 rings (SSSR count). The molecule has 0 spiro atoms. The number of nitrogens with one attached hydrogen (secondary N) is 1. The maximum Gasteiger partial charge on any atom is 0.119 e. The van der Waals surface area contributed by atoms with E-state index in [1.54, 1.807) is 7.11 Å². The average Bonchev–Trinajstić information content (AvgIpc) is 2.48. The Bertz CT molecular complexity index is 591. The van der Waals surface area contributed by atoms with Gasteiger partial charge in [0.2, 0.25) is 0 Å². The largest absolute Gasteiger partial charge is 0.497 e. The molecule has 3 nitrogen and oxygen atoms in total. The predicted molar refractivity (Wildman–Crippen MR) is 85.0 cm³/mol. The molecule has 0 amide bonds. The van der Waals surface area contributed by atoms with Crippen molar-refractivity contribution >= 4 is 11.9 Å². The average molecular weight is 268 g/mol. The zero-order valence-electron chi connectivity index (χ0n) is 12.2. The van der Waals surface area contributed by atoms with E-state index < -0.39 is 0 Å². The topological polar surface area (TPSA) is 33.6 Å². The number of ether oxygens (including phenoxy) is 1. The van der Waals surface area contributed by atoms with E-state index in [0.717, 1.165) is 22.6 Å². The maximum absolute atomic E-state index is 5.31. The van der Waals surface area contributed by atoms with Gasteiger partial charge in [-0.05, 0) is 30.2 Å². The standard InChI is InChI=1S/C17H20N2O/c1-13-9-16(20-3)10-15(17(13)18-2)12-19-11-14-7-5-4-6-8-14/h4-10,12,18H,11H2,1-3H3. The Labute approximate surface area is 120 Å². The number of anilines is 1. The predicted octanol–water partition coefficient (Wildman–Crippen LogP) is 3.66. The second-order valence-corrected chi connectivity index (χ2v) is 4.61. The van der Waals surface area contributed by atoms with E-state index >= 15 is 0 Å². The first-order chi connectivity index (χ1) is 9.74. The fourth-order valence-corrected chi connectivity index (χ4v) is 2.17. The van der Waals surface area contributed by atoms with E-state index in [2.05, 4.69) is 29.4 Å². The van der Waals surface area contributed by atoms with Crippen LogP contribution in [-0.4, -0.2) is 20.4 Å². The molecule has 104 valence electrons. The molecule has 0 aliphatic heterocycles. The Morgan fingerprint density at radius 2 is 1.95 bits per heavy atom. The van der Waals surface area contributed by atoms with Crippen LogP contribution in [0.1, 0.15) is 16.7 Å². The first-order valence-corrected chi connectivity index (χ1v) is 6.64. The number of nitrogens with zero attached hydrogens (tertiary/aromatic N) is 1. The van der Waals surface area contributed by atoms with Crippen LogP contribution in [0.25, 0.3) is 0 Å². The van der Waals surface area contributed by atoms with Crippen molar-refractivity contribution in [1.82, 2.24) is 0 Å². The molecule has 0 saturated heterocycles. The molecule has 0 aliphatic rings. The van der Waals surface area contributed by atoms with Crippen molar-refractivity contribution in [3.8, 4) is 5.75 Å². The molecule has 0 atom stereocenters. The summed E-state index contributed by atoms with van der Waals surface area (Å²) in [5.74, 6) is 0.850. The number of aryl methyl sites for hydroxylation is 1. The lowest BCUT2D eigenvalue weighted by atomic mass is 10.1. The minimum Gasteiger partial charge on any atom is -0.497 e. The summed E-state index contributed by atoms with van der Waals surface area (Å²) in [5.41, 5.74) is 4.48. The highest BCUT2D eigenvalue weighted by Crippen LogP contribution is 2.25. The van der Waals surface area contributed by atoms with Gasteiger partial charge < -0.3 is 10.1 Å². The summed E-state index contributed by atoms with van der Waals surface area (Å²) in [6.07, 6.45) is 1.90. The maximum atomic E-state index is 5.31. The molecule has 2 aromatic rings. The minimum atomic E-state index is 0.681. The smallest absolute Gasteiger partial charge is 0.119 e. The first kappa shape index (κ1) is 14.1. The molecular formula is C17H20N2O. The van der Waals surface area contributed by atoms with E-state index in [1.807, 2.05) is 43.6 Å². The third-order valence-electron chi connectivity index (χ3n) is 3.17. The Morgan fingerprint density at radius 3 is 2.60 bits per heavy atom. The van der Waals surface area contributed by atoms with Crippen LogP contribution in [0.15, 0.2) is 47.5 Å². The van der Waals surface area contributed by atoms with Crippen LogP contribution in [-0.2, 0) is 6.54 Å². The minimum absolute atomic E-state index is 0.681. The third kappa shape index (κ3) is 3.38. The molecule has 2 aromatic carbocycles. The van der Waals surface area contributed by atoms with Crippen molar-refractivity contribution < 1.29 is 4.74 Å². The SMILES string of the molecule is CNc1c(C)cc(OC)cc1C=NCc1ccccc1. The van der Waals surface area contributed by atoms with Gasteiger partial charge in [0.05, 0.1) is 13.7 Å². The molecule has 0 heterocycles. The number of methoxy groups -OCH3 is 1. The van der Waals surface area contributed by atoms with Crippen molar-refractivity contribution in [3.05, 3.63) is 59.2 Å². The molecule has 0 unspecified atom stereocenters. The van der Waals surface area contributed by atoms with Crippen LogP contribution in [0, 0.1) is 6.92 Å². The van der Waals surface area contributed by atoms with Gasteiger partial charge in [0, 0.05) is 24.5 Å². The Balaban J connectivity index is 2.21. The van der Waals surface area contributed by atoms with Crippen LogP contribution in [0.3, 0.4) is 0 Å². The van der Waals surface area contributed by atoms with E-state index in [4.69, 9.17) is 4.74 Å². The van der Waals surface area contributed by atoms with E-state index in [9.17, 15) is 0 Å². The summed E-state index contributed by atoms with van der Waals surface area (Å²) in [7, 11) is 3.60. The lowest BCUT2D eigenvalue weighted by molar-refractivity contribution is 0.414. The molecule has 0 saturated carbocycles. The van der Waals surface area contributed by atoms with Gasteiger partial charge in [0.1, 0.15) is 5.75 Å². The van der Waals surface area contributed by atoms with Crippen molar-refractivity contribution in [2.75, 3.05) is 19.5 Å².